The summed E-state index contributed by atoms with van der Waals surface area (Å²) in [7, 11) is 0. The highest BCUT2D eigenvalue weighted by Crippen LogP contribution is 2.36. The largest absolute Gasteiger partial charge is 0.490 e. The summed E-state index contributed by atoms with van der Waals surface area (Å²) in [5.74, 6) is -1.61. The Balaban J connectivity index is 1.33. The number of alkyl halides is 3. The molecule has 4 rings (SSSR count). The normalized spacial score (nSPS) is 14.9. The molecule has 0 aliphatic carbocycles. The minimum atomic E-state index is -4.42. The first-order valence-corrected chi connectivity index (χ1v) is 12.1. The van der Waals surface area contributed by atoms with E-state index in [9.17, 15) is 26.7 Å². The third-order valence-corrected chi connectivity index (χ3v) is 6.43. The van der Waals surface area contributed by atoms with Crippen LogP contribution in [0, 0.1) is 17.6 Å². The minimum absolute atomic E-state index is 0.0497. The second kappa shape index (κ2) is 11.8. The molecule has 3 aromatic carbocycles. The number of aldehydes is 1. The molecule has 2 N–H and O–H groups in total. The van der Waals surface area contributed by atoms with Crippen LogP contribution in [0.25, 0.3) is 0 Å². The van der Waals surface area contributed by atoms with Gasteiger partial charge in [0.15, 0.2) is 11.6 Å². The Hall–Kier alpha value is -3.66. The van der Waals surface area contributed by atoms with Crippen molar-refractivity contribution in [3.8, 4) is 11.5 Å². The Bertz CT molecular complexity index is 1250. The lowest BCUT2D eigenvalue weighted by atomic mass is 9.93. The fourth-order valence-corrected chi connectivity index (χ4v) is 4.49. The quantitative estimate of drug-likeness (QED) is 0.210. The van der Waals surface area contributed by atoms with Gasteiger partial charge in [-0.2, -0.15) is 13.2 Å². The van der Waals surface area contributed by atoms with Crippen molar-refractivity contribution in [3.63, 3.8) is 0 Å². The summed E-state index contributed by atoms with van der Waals surface area (Å²) in [5, 5.41) is 0. The SMILES string of the molecule is NC(C(C=O)Cc1ccc(OCCOc2ccc(F)cc2F)cc1)N1CCCc2cc(C(F)(F)F)ccc21. The van der Waals surface area contributed by atoms with Crippen LogP contribution in [0.4, 0.5) is 27.6 Å². The Morgan fingerprint density at radius 2 is 1.71 bits per heavy atom. The Labute approximate surface area is 217 Å². The van der Waals surface area contributed by atoms with E-state index in [1.54, 1.807) is 29.2 Å². The van der Waals surface area contributed by atoms with Gasteiger partial charge in [-0.3, -0.25) is 0 Å². The first-order valence-electron chi connectivity index (χ1n) is 12.1. The highest BCUT2D eigenvalue weighted by molar-refractivity contribution is 5.62. The minimum Gasteiger partial charge on any atom is -0.490 e. The van der Waals surface area contributed by atoms with Crippen LogP contribution < -0.4 is 20.1 Å². The number of anilines is 1. The maximum atomic E-state index is 13.6. The number of hydrogen-bond donors (Lipinski definition) is 1. The smallest absolute Gasteiger partial charge is 0.416 e. The molecule has 38 heavy (non-hydrogen) atoms. The van der Waals surface area contributed by atoms with Crippen LogP contribution in [0.3, 0.4) is 0 Å². The molecule has 5 nitrogen and oxygen atoms in total. The van der Waals surface area contributed by atoms with Crippen molar-refractivity contribution in [2.24, 2.45) is 11.7 Å². The Morgan fingerprint density at radius 3 is 2.39 bits per heavy atom. The summed E-state index contributed by atoms with van der Waals surface area (Å²) in [6.45, 7) is 0.719. The molecule has 0 saturated heterocycles. The van der Waals surface area contributed by atoms with Gasteiger partial charge in [-0.15, -0.1) is 0 Å². The van der Waals surface area contributed by atoms with Crippen LogP contribution in [0.1, 0.15) is 23.1 Å². The van der Waals surface area contributed by atoms with E-state index < -0.39 is 35.5 Å². The fourth-order valence-electron chi connectivity index (χ4n) is 4.49. The standard InChI is InChI=1S/C28H27F5N2O3/c29-22-6-10-26(24(30)16-22)38-13-12-37-23-7-3-18(4-8-23)14-20(17-36)27(34)35-11-1-2-19-15-21(28(31,32)33)5-9-25(19)35/h3-10,15-17,20,27H,1-2,11-14,34H2. The van der Waals surface area contributed by atoms with Crippen LogP contribution in [0.2, 0.25) is 0 Å². The number of hydrogen-bond acceptors (Lipinski definition) is 5. The monoisotopic (exact) mass is 534 g/mol. The molecular weight excluding hydrogens is 507 g/mol. The Morgan fingerprint density at radius 1 is 0.974 bits per heavy atom. The third-order valence-electron chi connectivity index (χ3n) is 6.43. The highest BCUT2D eigenvalue weighted by Gasteiger charge is 2.33. The third kappa shape index (κ3) is 6.61. The molecule has 202 valence electrons. The number of ether oxygens (including phenoxy) is 2. The molecule has 1 aliphatic rings. The van der Waals surface area contributed by atoms with Crippen LogP contribution in [0.5, 0.6) is 11.5 Å². The number of aryl methyl sites for hydroxylation is 1. The van der Waals surface area contributed by atoms with Crippen molar-refractivity contribution in [2.75, 3.05) is 24.7 Å². The number of carbonyl (C=O) groups excluding carboxylic acids is 1. The van der Waals surface area contributed by atoms with Gasteiger partial charge in [-0.1, -0.05) is 12.1 Å². The van der Waals surface area contributed by atoms with Gasteiger partial charge in [0.05, 0.1) is 17.6 Å². The lowest BCUT2D eigenvalue weighted by Gasteiger charge is -2.38. The van der Waals surface area contributed by atoms with E-state index >= 15 is 0 Å². The van der Waals surface area contributed by atoms with Gasteiger partial charge in [0.1, 0.15) is 31.1 Å². The molecule has 0 saturated carbocycles. The molecule has 0 amide bonds. The van der Waals surface area contributed by atoms with Crippen LogP contribution in [-0.2, 0) is 23.8 Å². The predicted molar refractivity (Wildman–Crippen MR) is 132 cm³/mol. The molecular formula is C28H27F5N2O3. The number of nitrogens with zero attached hydrogens (tertiary/aromatic N) is 1. The zero-order chi connectivity index (χ0) is 27.3. The van der Waals surface area contributed by atoms with Gasteiger partial charge in [0.2, 0.25) is 0 Å². The number of nitrogens with two attached hydrogens (primary N) is 1. The van der Waals surface area contributed by atoms with E-state index in [4.69, 9.17) is 15.2 Å². The molecule has 2 unspecified atom stereocenters. The first kappa shape index (κ1) is 27.4. The molecule has 1 heterocycles. The van der Waals surface area contributed by atoms with Gasteiger partial charge < -0.3 is 24.9 Å². The summed E-state index contributed by atoms with van der Waals surface area (Å²) in [6, 6.07) is 13.7. The van der Waals surface area contributed by atoms with Gasteiger partial charge in [0, 0.05) is 18.3 Å². The van der Waals surface area contributed by atoms with Crippen molar-refractivity contribution in [1.29, 1.82) is 0 Å². The van der Waals surface area contributed by atoms with Crippen molar-refractivity contribution in [3.05, 3.63) is 89.0 Å². The summed E-state index contributed by atoms with van der Waals surface area (Å²) >= 11 is 0. The average Bonchev–Trinajstić information content (AvgIpc) is 2.90. The fraction of sp³-hybridized carbons (Fsp3) is 0.321. The summed E-state index contributed by atoms with van der Waals surface area (Å²) in [5.41, 5.74) is 7.78. The molecule has 0 bridgehead atoms. The zero-order valence-electron chi connectivity index (χ0n) is 20.4. The Kier molecular flexibility index (Phi) is 8.51. The number of benzene rings is 3. The van der Waals surface area contributed by atoms with Gasteiger partial charge in [0.25, 0.3) is 0 Å². The van der Waals surface area contributed by atoms with Crippen LogP contribution in [0.15, 0.2) is 60.7 Å². The van der Waals surface area contributed by atoms with E-state index in [0.717, 1.165) is 36.1 Å². The van der Waals surface area contributed by atoms with Crippen molar-refractivity contribution in [2.45, 2.75) is 31.6 Å². The van der Waals surface area contributed by atoms with Crippen molar-refractivity contribution < 1.29 is 36.2 Å². The van der Waals surface area contributed by atoms with Gasteiger partial charge in [-0.05, 0) is 72.9 Å². The number of fused-ring (bicyclic) bond motifs is 1. The molecule has 10 heteroatoms. The van der Waals surface area contributed by atoms with Gasteiger partial charge >= 0.3 is 6.18 Å². The number of halogens is 5. The summed E-state index contributed by atoms with van der Waals surface area (Å²) in [4.78, 5) is 13.8. The van der Waals surface area contributed by atoms with E-state index in [-0.39, 0.29) is 19.0 Å². The number of rotatable bonds is 10. The predicted octanol–water partition coefficient (Wildman–Crippen LogP) is 5.54. The van der Waals surface area contributed by atoms with E-state index in [2.05, 4.69) is 0 Å². The second-order valence-corrected chi connectivity index (χ2v) is 9.05. The van der Waals surface area contributed by atoms with Crippen LogP contribution >= 0.6 is 0 Å². The van der Waals surface area contributed by atoms with E-state index in [1.807, 2.05) is 0 Å². The summed E-state index contributed by atoms with van der Waals surface area (Å²) < 4.78 is 76.8. The molecule has 0 fully saturated rings. The summed E-state index contributed by atoms with van der Waals surface area (Å²) in [6.07, 6.45) is -2.86. The number of carbonyl (C=O) groups is 1. The van der Waals surface area contributed by atoms with Crippen molar-refractivity contribution in [1.82, 2.24) is 0 Å². The lowest BCUT2D eigenvalue weighted by molar-refractivity contribution is -0.137. The van der Waals surface area contributed by atoms with E-state index in [0.29, 0.717) is 42.8 Å². The zero-order valence-corrected chi connectivity index (χ0v) is 20.4. The van der Waals surface area contributed by atoms with E-state index in [1.165, 1.54) is 12.1 Å². The molecule has 0 radical (unpaired) electrons. The first-order chi connectivity index (χ1) is 18.2. The average molecular weight is 535 g/mol. The molecule has 3 aromatic rings. The second-order valence-electron chi connectivity index (χ2n) is 9.05. The molecule has 1 aliphatic heterocycles. The molecule has 2 atom stereocenters. The van der Waals surface area contributed by atoms with Gasteiger partial charge in [-0.25, -0.2) is 8.78 Å². The maximum absolute atomic E-state index is 13.6. The topological polar surface area (TPSA) is 64.8 Å². The molecule has 0 aromatic heterocycles. The van der Waals surface area contributed by atoms with Crippen LogP contribution in [-0.4, -0.2) is 32.2 Å². The van der Waals surface area contributed by atoms with Crippen molar-refractivity contribution >= 4 is 12.0 Å². The molecule has 0 spiro atoms. The lowest BCUT2D eigenvalue weighted by Crippen LogP contribution is -2.50. The highest BCUT2D eigenvalue weighted by atomic mass is 19.4. The maximum Gasteiger partial charge on any atom is 0.416 e.